The molecule has 2 saturated heterocycles. The molecule has 2 aliphatic rings. The van der Waals surface area contributed by atoms with Crippen molar-refractivity contribution < 1.29 is 9.21 Å². The number of aromatic nitrogens is 2. The lowest BCUT2D eigenvalue weighted by Gasteiger charge is -2.28. The predicted molar refractivity (Wildman–Crippen MR) is 112 cm³/mol. The van der Waals surface area contributed by atoms with E-state index in [0.717, 1.165) is 48.6 Å². The van der Waals surface area contributed by atoms with Crippen LogP contribution in [0.3, 0.4) is 0 Å². The van der Waals surface area contributed by atoms with E-state index in [1.165, 1.54) is 23.8 Å². The minimum Gasteiger partial charge on any atom is -0.441 e. The standard InChI is InChI=1S/C21H26N4O2.ClH/c1-24-10-6-14(7-11-24)15-13-22-16-4-5-17-21(20(15)16)23-18(27-17)8-12-25-9-2-3-19(25)26;/h4-5,13-14,22H,2-3,6-12H2,1H3;1H. The Kier molecular flexibility index (Phi) is 5.34. The van der Waals surface area contributed by atoms with Crippen molar-refractivity contribution in [1.29, 1.82) is 0 Å². The molecule has 0 bridgehead atoms. The van der Waals surface area contributed by atoms with Gasteiger partial charge in [0.2, 0.25) is 5.91 Å². The van der Waals surface area contributed by atoms with Crippen LogP contribution in [0.2, 0.25) is 0 Å². The molecule has 1 N–H and O–H groups in total. The maximum Gasteiger partial charge on any atom is 0.222 e. The first-order chi connectivity index (χ1) is 13.2. The van der Waals surface area contributed by atoms with E-state index in [2.05, 4.69) is 29.2 Å². The highest BCUT2D eigenvalue weighted by atomic mass is 35.5. The third-order valence-electron chi connectivity index (χ3n) is 6.20. The number of halogens is 1. The van der Waals surface area contributed by atoms with E-state index in [4.69, 9.17) is 9.40 Å². The van der Waals surface area contributed by atoms with Crippen LogP contribution in [0.25, 0.3) is 22.0 Å². The minimum atomic E-state index is 0. The molecule has 0 saturated carbocycles. The van der Waals surface area contributed by atoms with Crippen LogP contribution < -0.4 is 0 Å². The second kappa shape index (κ2) is 7.76. The maximum absolute atomic E-state index is 11.8. The SMILES string of the molecule is CN1CCC(c2c[nH]c3ccc4oc(CCN5CCCC5=O)nc4c23)CC1.Cl. The third kappa shape index (κ3) is 3.40. The number of aromatic amines is 1. The normalized spacial score (nSPS) is 19.0. The van der Waals surface area contributed by atoms with Crippen molar-refractivity contribution in [1.82, 2.24) is 19.8 Å². The number of carbonyl (C=O) groups is 1. The molecule has 1 aromatic carbocycles. The van der Waals surface area contributed by atoms with Crippen molar-refractivity contribution >= 4 is 40.3 Å². The van der Waals surface area contributed by atoms with Gasteiger partial charge in [-0.15, -0.1) is 12.4 Å². The first kappa shape index (κ1) is 19.3. The van der Waals surface area contributed by atoms with Gasteiger partial charge in [0.1, 0.15) is 5.52 Å². The fourth-order valence-electron chi connectivity index (χ4n) is 4.60. The summed E-state index contributed by atoms with van der Waals surface area (Å²) in [7, 11) is 2.19. The Labute approximate surface area is 170 Å². The van der Waals surface area contributed by atoms with Crippen molar-refractivity contribution in [3.05, 3.63) is 29.8 Å². The van der Waals surface area contributed by atoms with E-state index in [9.17, 15) is 4.79 Å². The average molecular weight is 403 g/mol. The number of hydrogen-bond acceptors (Lipinski definition) is 4. The molecule has 0 atom stereocenters. The van der Waals surface area contributed by atoms with Crippen LogP contribution in [0, 0.1) is 0 Å². The van der Waals surface area contributed by atoms with Crippen molar-refractivity contribution in [3.8, 4) is 0 Å². The summed E-state index contributed by atoms with van der Waals surface area (Å²) in [4.78, 5) is 24.4. The highest BCUT2D eigenvalue weighted by Gasteiger charge is 2.24. The number of piperidine rings is 1. The van der Waals surface area contributed by atoms with Crippen molar-refractivity contribution in [2.45, 2.75) is 38.0 Å². The Morgan fingerprint density at radius 3 is 2.82 bits per heavy atom. The third-order valence-corrected chi connectivity index (χ3v) is 6.20. The Bertz CT molecular complexity index is 987. The lowest BCUT2D eigenvalue weighted by atomic mass is 9.89. The molecule has 150 valence electrons. The largest absolute Gasteiger partial charge is 0.441 e. The smallest absolute Gasteiger partial charge is 0.222 e. The molecule has 0 spiro atoms. The summed E-state index contributed by atoms with van der Waals surface area (Å²) in [6.45, 7) is 3.84. The van der Waals surface area contributed by atoms with Crippen LogP contribution in [-0.2, 0) is 11.2 Å². The zero-order valence-corrected chi connectivity index (χ0v) is 17.1. The molecule has 0 radical (unpaired) electrons. The molecule has 7 heteroatoms. The molecule has 2 aromatic heterocycles. The lowest BCUT2D eigenvalue weighted by molar-refractivity contribution is -0.127. The number of nitrogens with one attached hydrogen (secondary N) is 1. The summed E-state index contributed by atoms with van der Waals surface area (Å²) >= 11 is 0. The van der Waals surface area contributed by atoms with Gasteiger partial charge in [-0.1, -0.05) is 0 Å². The Morgan fingerprint density at radius 2 is 2.07 bits per heavy atom. The second-order valence-corrected chi connectivity index (χ2v) is 8.00. The van der Waals surface area contributed by atoms with Crippen molar-refractivity contribution in [2.24, 2.45) is 0 Å². The predicted octanol–water partition coefficient (Wildman–Crippen LogP) is 3.71. The van der Waals surface area contributed by atoms with Gasteiger partial charge in [-0.05, 0) is 63.0 Å². The van der Waals surface area contributed by atoms with Crippen molar-refractivity contribution in [3.63, 3.8) is 0 Å². The number of amides is 1. The number of oxazole rings is 1. The number of fused-ring (bicyclic) bond motifs is 3. The van der Waals surface area contributed by atoms with Gasteiger partial charge in [-0.2, -0.15) is 0 Å². The number of hydrogen-bond donors (Lipinski definition) is 1. The summed E-state index contributed by atoms with van der Waals surface area (Å²) in [6, 6.07) is 4.10. The van der Waals surface area contributed by atoms with E-state index in [-0.39, 0.29) is 18.3 Å². The summed E-state index contributed by atoms with van der Waals surface area (Å²) in [5.74, 6) is 1.55. The van der Waals surface area contributed by atoms with Gasteiger partial charge in [0.05, 0.1) is 0 Å². The van der Waals surface area contributed by atoms with Gasteiger partial charge in [-0.3, -0.25) is 4.79 Å². The molecule has 28 heavy (non-hydrogen) atoms. The number of H-pyrrole nitrogens is 1. The van der Waals surface area contributed by atoms with E-state index in [1.54, 1.807) is 0 Å². The monoisotopic (exact) mass is 402 g/mol. The topological polar surface area (TPSA) is 65.4 Å². The van der Waals surface area contributed by atoms with Gasteiger partial charge in [0, 0.05) is 43.0 Å². The molecule has 0 unspecified atom stereocenters. The Morgan fingerprint density at radius 1 is 1.25 bits per heavy atom. The molecule has 0 aliphatic carbocycles. The Balaban J connectivity index is 0.00000192. The summed E-state index contributed by atoms with van der Waals surface area (Å²) in [5, 5.41) is 1.22. The molecular formula is C21H27ClN4O2. The van der Waals surface area contributed by atoms with Gasteiger partial charge in [0.15, 0.2) is 11.5 Å². The van der Waals surface area contributed by atoms with E-state index in [0.29, 0.717) is 25.3 Å². The molecule has 4 heterocycles. The first-order valence-corrected chi connectivity index (χ1v) is 10.0. The molecule has 6 nitrogen and oxygen atoms in total. The Hall–Kier alpha value is -2.05. The fourth-order valence-corrected chi connectivity index (χ4v) is 4.60. The van der Waals surface area contributed by atoms with E-state index >= 15 is 0 Å². The molecule has 2 aliphatic heterocycles. The van der Waals surface area contributed by atoms with Crippen molar-refractivity contribution in [2.75, 3.05) is 33.2 Å². The van der Waals surface area contributed by atoms with Crippen LogP contribution >= 0.6 is 12.4 Å². The molecule has 1 amide bonds. The summed E-state index contributed by atoms with van der Waals surface area (Å²) in [5.41, 5.74) is 4.31. The average Bonchev–Trinajstić information content (AvgIpc) is 3.37. The number of rotatable bonds is 4. The number of carbonyl (C=O) groups excluding carboxylic acids is 1. The number of benzene rings is 1. The fraction of sp³-hybridized carbons (Fsp3) is 0.524. The number of likely N-dealkylation sites (tertiary alicyclic amines) is 2. The summed E-state index contributed by atoms with van der Waals surface area (Å²) < 4.78 is 6.03. The zero-order valence-electron chi connectivity index (χ0n) is 16.2. The summed E-state index contributed by atoms with van der Waals surface area (Å²) in [6.07, 6.45) is 6.85. The highest BCUT2D eigenvalue weighted by Crippen LogP contribution is 2.36. The second-order valence-electron chi connectivity index (χ2n) is 8.00. The van der Waals surface area contributed by atoms with Crippen LogP contribution in [0.4, 0.5) is 0 Å². The molecule has 2 fully saturated rings. The molecule has 3 aromatic rings. The maximum atomic E-state index is 11.8. The molecular weight excluding hydrogens is 376 g/mol. The van der Waals surface area contributed by atoms with Gasteiger partial charge in [0.25, 0.3) is 0 Å². The van der Waals surface area contributed by atoms with Crippen LogP contribution in [0.1, 0.15) is 43.1 Å². The number of nitrogens with zero attached hydrogens (tertiary/aromatic N) is 3. The van der Waals surface area contributed by atoms with E-state index in [1.807, 2.05) is 11.0 Å². The van der Waals surface area contributed by atoms with E-state index < -0.39 is 0 Å². The highest BCUT2D eigenvalue weighted by molar-refractivity contribution is 6.04. The quantitative estimate of drug-likeness (QED) is 0.722. The van der Waals surface area contributed by atoms with Gasteiger partial charge < -0.3 is 19.2 Å². The van der Waals surface area contributed by atoms with Crippen LogP contribution in [0.15, 0.2) is 22.7 Å². The zero-order chi connectivity index (χ0) is 18.4. The van der Waals surface area contributed by atoms with Gasteiger partial charge >= 0.3 is 0 Å². The first-order valence-electron chi connectivity index (χ1n) is 10.0. The minimum absolute atomic E-state index is 0. The van der Waals surface area contributed by atoms with Crippen LogP contribution in [0.5, 0.6) is 0 Å². The van der Waals surface area contributed by atoms with Gasteiger partial charge in [-0.25, -0.2) is 4.98 Å². The van der Waals surface area contributed by atoms with Crippen LogP contribution in [-0.4, -0.2) is 58.9 Å². The lowest BCUT2D eigenvalue weighted by Crippen LogP contribution is -2.29. The molecule has 5 rings (SSSR count).